The highest BCUT2D eigenvalue weighted by molar-refractivity contribution is 6.00. The molecule has 4 heterocycles. The molecule has 2 amide bonds. The number of pyridine rings is 1. The Morgan fingerprint density at radius 2 is 2.09 bits per heavy atom. The molecule has 170 valence electrons. The number of rotatable bonds is 5. The fourth-order valence-corrected chi connectivity index (χ4v) is 3.75. The van der Waals surface area contributed by atoms with E-state index in [0.717, 1.165) is 11.3 Å². The van der Waals surface area contributed by atoms with Crippen LogP contribution in [0.2, 0.25) is 0 Å². The van der Waals surface area contributed by atoms with Crippen LogP contribution in [0.4, 0.5) is 27.4 Å². The van der Waals surface area contributed by atoms with Crippen LogP contribution in [0.1, 0.15) is 26.7 Å². The zero-order valence-corrected chi connectivity index (χ0v) is 17.6. The largest absolute Gasteiger partial charge is 0.365 e. The van der Waals surface area contributed by atoms with Gasteiger partial charge in [0.15, 0.2) is 17.3 Å². The zero-order valence-electron chi connectivity index (χ0n) is 20.6. The van der Waals surface area contributed by atoms with E-state index in [2.05, 4.69) is 36.0 Å². The van der Waals surface area contributed by atoms with Gasteiger partial charge in [0.25, 0.3) is 5.91 Å². The molecule has 2 atom stereocenters. The Kier molecular flexibility index (Phi) is 4.09. The van der Waals surface area contributed by atoms with Crippen molar-refractivity contribution in [2.75, 3.05) is 29.6 Å². The number of hydrogen-bond donors (Lipinski definition) is 3. The molecule has 0 unspecified atom stereocenters. The predicted molar refractivity (Wildman–Crippen MR) is 117 cm³/mol. The van der Waals surface area contributed by atoms with E-state index in [-0.39, 0.29) is 23.6 Å². The Labute approximate surface area is 191 Å². The third kappa shape index (κ3) is 3.70. The summed E-state index contributed by atoms with van der Waals surface area (Å²) in [6.45, 7) is -2.32. The lowest BCUT2D eigenvalue weighted by Crippen LogP contribution is -2.25. The van der Waals surface area contributed by atoms with E-state index in [1.54, 1.807) is 19.3 Å². The number of anilines is 4. The molecule has 3 aromatic rings. The van der Waals surface area contributed by atoms with E-state index < -0.39 is 30.9 Å². The molecular formula is C20H21FN10O2. The molecule has 1 saturated carbocycles. The van der Waals surface area contributed by atoms with Gasteiger partial charge in [0.05, 0.1) is 23.8 Å². The average Bonchev–Trinajstić information content (AvgIpc) is 3.40. The van der Waals surface area contributed by atoms with E-state index in [9.17, 15) is 14.0 Å². The summed E-state index contributed by atoms with van der Waals surface area (Å²) in [5.74, 6) is -2.05. The van der Waals surface area contributed by atoms with Gasteiger partial charge in [-0.3, -0.25) is 9.59 Å². The molecule has 3 N–H and O–H groups in total. The number of halogens is 1. The summed E-state index contributed by atoms with van der Waals surface area (Å²) in [6.07, 6.45) is 0.467. The average molecular weight is 455 g/mol. The minimum Gasteiger partial charge on any atom is -0.365 e. The number of hydrogen-bond acceptors (Lipinski definition) is 9. The Bertz CT molecular complexity index is 1380. The van der Waals surface area contributed by atoms with Gasteiger partial charge in [-0.05, 0) is 12.5 Å². The molecule has 12 nitrogen and oxygen atoms in total. The van der Waals surface area contributed by atoms with Crippen molar-refractivity contribution >= 4 is 34.8 Å². The predicted octanol–water partition coefficient (Wildman–Crippen LogP) is 1.02. The van der Waals surface area contributed by atoms with Crippen LogP contribution in [0.3, 0.4) is 0 Å². The molecule has 0 aromatic carbocycles. The van der Waals surface area contributed by atoms with Gasteiger partial charge in [0, 0.05) is 43.0 Å². The number of carbonyl (C=O) groups excluding carboxylic acids is 2. The van der Waals surface area contributed by atoms with E-state index in [1.807, 2.05) is 17.3 Å². The first-order chi connectivity index (χ1) is 17.0. The van der Waals surface area contributed by atoms with Crippen molar-refractivity contribution in [3.8, 4) is 11.3 Å². The van der Waals surface area contributed by atoms with Crippen molar-refractivity contribution in [2.45, 2.75) is 19.1 Å². The lowest BCUT2D eigenvalue weighted by Gasteiger charge is -2.28. The number of aryl methyl sites for hydroxylation is 1. The van der Waals surface area contributed by atoms with Crippen LogP contribution in [-0.2, 0) is 18.4 Å². The van der Waals surface area contributed by atoms with Crippen LogP contribution in [0.25, 0.3) is 11.3 Å². The molecule has 5 rings (SSSR count). The molecule has 0 bridgehead atoms. The lowest BCUT2D eigenvalue weighted by atomic mass is 10.0. The van der Waals surface area contributed by atoms with E-state index in [4.69, 9.17) is 4.11 Å². The minimum atomic E-state index is -2.77. The summed E-state index contributed by atoms with van der Waals surface area (Å²) in [7, 11) is 3.56. The van der Waals surface area contributed by atoms with Gasteiger partial charge in [-0.2, -0.15) is 15.0 Å². The third-order valence-electron chi connectivity index (χ3n) is 5.41. The summed E-state index contributed by atoms with van der Waals surface area (Å²) in [4.78, 5) is 32.6. The highest BCUT2D eigenvalue weighted by atomic mass is 19.1. The van der Waals surface area contributed by atoms with E-state index >= 15 is 0 Å². The molecule has 0 saturated heterocycles. The van der Waals surface area contributed by atoms with Gasteiger partial charge >= 0.3 is 0 Å². The molecule has 1 fully saturated rings. The Hall–Kier alpha value is -4.16. The second kappa shape index (κ2) is 7.76. The molecule has 13 heteroatoms. The highest BCUT2D eigenvalue weighted by Crippen LogP contribution is 2.41. The van der Waals surface area contributed by atoms with Crippen LogP contribution in [0.5, 0.6) is 0 Å². The summed E-state index contributed by atoms with van der Waals surface area (Å²) < 4.78 is 35.3. The Morgan fingerprint density at radius 3 is 2.85 bits per heavy atom. The number of alkyl halides is 1. The fourth-order valence-electron chi connectivity index (χ4n) is 3.75. The van der Waals surface area contributed by atoms with E-state index in [0.29, 0.717) is 23.7 Å². The Balaban J connectivity index is 1.53. The Morgan fingerprint density at radius 1 is 1.27 bits per heavy atom. The standard InChI is InChI=1S/C20H21FN10O2/c1-22-20(33)16-12(7-14(26-27-16)25-19(32)10-6-11(10)21)24-18-17-9(4-5-23-18)15-13(8-30(17)2)28-31(3)29-15/h4-5,7,10-11H,6,8H2,1-3H3,(H,22,33)(H2,23,24,25,26,32)/t10-,11+/m1/s1/i1D3. The third-order valence-corrected chi connectivity index (χ3v) is 5.41. The summed E-state index contributed by atoms with van der Waals surface area (Å²) in [5, 5.41) is 23.8. The van der Waals surface area contributed by atoms with Crippen LogP contribution in [-0.4, -0.2) is 62.2 Å². The normalized spacial score (nSPS) is 20.0. The van der Waals surface area contributed by atoms with Crippen molar-refractivity contribution in [2.24, 2.45) is 13.0 Å². The fraction of sp³-hybridized carbons (Fsp3) is 0.350. The van der Waals surface area contributed by atoms with Crippen molar-refractivity contribution in [1.82, 2.24) is 35.5 Å². The van der Waals surface area contributed by atoms with Crippen LogP contribution in [0, 0.1) is 5.92 Å². The smallest absolute Gasteiger partial charge is 0.273 e. The molecule has 2 aliphatic rings. The topological polar surface area (TPSA) is 143 Å². The molecule has 1 aliphatic heterocycles. The number of nitrogens with zero attached hydrogens (tertiary/aromatic N) is 7. The quantitative estimate of drug-likeness (QED) is 0.514. The van der Waals surface area contributed by atoms with Crippen LogP contribution < -0.4 is 20.9 Å². The van der Waals surface area contributed by atoms with Crippen LogP contribution >= 0.6 is 0 Å². The first-order valence-corrected chi connectivity index (χ1v) is 10.0. The van der Waals surface area contributed by atoms with Gasteiger partial charge in [-0.25, -0.2) is 9.37 Å². The number of carbonyl (C=O) groups is 2. The van der Waals surface area contributed by atoms with E-state index in [1.165, 1.54) is 10.9 Å². The maximum Gasteiger partial charge on any atom is 0.273 e. The molecule has 0 radical (unpaired) electrons. The van der Waals surface area contributed by atoms with Gasteiger partial charge in [-0.15, -0.1) is 10.2 Å². The first kappa shape index (κ1) is 17.4. The van der Waals surface area contributed by atoms with Crippen molar-refractivity contribution in [1.29, 1.82) is 0 Å². The molecule has 0 spiro atoms. The summed E-state index contributed by atoms with van der Waals surface area (Å²) in [6, 6.07) is 3.10. The number of amides is 2. The number of nitrogens with one attached hydrogen (secondary N) is 3. The van der Waals surface area contributed by atoms with Crippen LogP contribution in [0.15, 0.2) is 18.3 Å². The zero-order chi connectivity index (χ0) is 25.8. The monoisotopic (exact) mass is 455 g/mol. The van der Waals surface area contributed by atoms with Gasteiger partial charge in [0.1, 0.15) is 17.6 Å². The molecule has 1 aliphatic carbocycles. The number of aromatic nitrogens is 6. The SMILES string of the molecule is [2H]C([2H])([2H])NC(=O)c1nnc(NC(=O)[C@@H]2C[C@@H]2F)cc1Nc1nccc2c1N(C)Cc1nn(C)nc1-2. The van der Waals surface area contributed by atoms with Crippen molar-refractivity contribution < 1.29 is 18.1 Å². The minimum absolute atomic E-state index is 0.0360. The first-order valence-electron chi connectivity index (χ1n) is 11.5. The summed E-state index contributed by atoms with van der Waals surface area (Å²) in [5.41, 5.74) is 2.57. The second-order valence-electron chi connectivity index (χ2n) is 7.81. The van der Waals surface area contributed by atoms with Crippen molar-refractivity contribution in [3.05, 3.63) is 29.7 Å². The van der Waals surface area contributed by atoms with Gasteiger partial charge in [-0.1, -0.05) is 0 Å². The number of fused-ring (bicyclic) bond motifs is 3. The van der Waals surface area contributed by atoms with Crippen molar-refractivity contribution in [3.63, 3.8) is 0 Å². The molecular weight excluding hydrogens is 431 g/mol. The second-order valence-corrected chi connectivity index (χ2v) is 7.81. The van der Waals surface area contributed by atoms with Gasteiger partial charge in [0.2, 0.25) is 5.91 Å². The lowest BCUT2D eigenvalue weighted by molar-refractivity contribution is -0.117. The maximum absolute atomic E-state index is 13.3. The highest BCUT2D eigenvalue weighted by Gasteiger charge is 2.43. The molecule has 33 heavy (non-hydrogen) atoms. The van der Waals surface area contributed by atoms with Gasteiger partial charge < -0.3 is 20.9 Å². The summed E-state index contributed by atoms with van der Waals surface area (Å²) >= 11 is 0. The maximum atomic E-state index is 13.3. The molecule has 3 aromatic heterocycles.